The number of rotatable bonds is 5. The van der Waals surface area contributed by atoms with E-state index in [9.17, 15) is 4.79 Å². The molecule has 0 radical (unpaired) electrons. The Morgan fingerprint density at radius 2 is 2.18 bits per heavy atom. The van der Waals surface area contributed by atoms with Crippen molar-refractivity contribution in [2.24, 2.45) is 0 Å². The van der Waals surface area contributed by atoms with Crippen LogP contribution < -0.4 is 0 Å². The topological polar surface area (TPSA) is 33.2 Å². The van der Waals surface area contributed by atoms with E-state index in [4.69, 9.17) is 11.6 Å². The monoisotopic (exact) mass is 254 g/mol. The van der Waals surface area contributed by atoms with Gasteiger partial charge in [-0.25, -0.2) is 4.98 Å². The predicted molar refractivity (Wildman–Crippen MR) is 70.5 cm³/mol. The van der Waals surface area contributed by atoms with Gasteiger partial charge in [-0.3, -0.25) is 4.79 Å². The van der Waals surface area contributed by atoms with Gasteiger partial charge < -0.3 is 4.90 Å². The second kappa shape index (κ2) is 6.60. The molecule has 4 heteroatoms. The van der Waals surface area contributed by atoms with E-state index in [-0.39, 0.29) is 11.9 Å². The van der Waals surface area contributed by atoms with E-state index in [1.807, 2.05) is 37.8 Å². The van der Waals surface area contributed by atoms with Crippen molar-refractivity contribution in [3.8, 4) is 0 Å². The fourth-order valence-corrected chi connectivity index (χ4v) is 1.75. The van der Waals surface area contributed by atoms with Crippen molar-refractivity contribution >= 4 is 17.5 Å². The lowest BCUT2D eigenvalue weighted by molar-refractivity contribution is 0.0700. The number of aromatic nitrogens is 1. The number of carbonyl (C=O) groups excluding carboxylic acids is 1. The third kappa shape index (κ3) is 4.00. The Morgan fingerprint density at radius 3 is 2.71 bits per heavy atom. The first-order chi connectivity index (χ1) is 8.06. The van der Waals surface area contributed by atoms with Crippen molar-refractivity contribution in [3.63, 3.8) is 0 Å². The van der Waals surface area contributed by atoms with Gasteiger partial charge in [-0.1, -0.05) is 6.07 Å². The standard InChI is InChI=1S/C13H19ClN2O/c1-10(2)16(9-5-8-14)13(17)12-7-4-6-11(3)15-12/h4,6-7,10H,5,8-9H2,1-3H3. The Labute approximate surface area is 108 Å². The zero-order chi connectivity index (χ0) is 12.8. The van der Waals surface area contributed by atoms with Gasteiger partial charge in [0.05, 0.1) is 0 Å². The van der Waals surface area contributed by atoms with Gasteiger partial charge in [-0.15, -0.1) is 11.6 Å². The highest BCUT2D eigenvalue weighted by molar-refractivity contribution is 6.17. The SMILES string of the molecule is Cc1cccc(C(=O)N(CCCCl)C(C)C)n1. The molecule has 1 aromatic heterocycles. The Hall–Kier alpha value is -1.09. The second-order valence-corrected chi connectivity index (χ2v) is 4.68. The molecule has 0 aliphatic rings. The summed E-state index contributed by atoms with van der Waals surface area (Å²) in [7, 11) is 0. The van der Waals surface area contributed by atoms with Gasteiger partial charge in [-0.2, -0.15) is 0 Å². The minimum atomic E-state index is -0.0196. The first kappa shape index (κ1) is 14.0. The Morgan fingerprint density at radius 1 is 1.47 bits per heavy atom. The van der Waals surface area contributed by atoms with Crippen LogP contribution in [0, 0.1) is 6.92 Å². The van der Waals surface area contributed by atoms with Crippen molar-refractivity contribution < 1.29 is 4.79 Å². The molecule has 1 heterocycles. The molecule has 0 bridgehead atoms. The van der Waals surface area contributed by atoms with Crippen LogP contribution in [0.2, 0.25) is 0 Å². The third-order valence-corrected chi connectivity index (χ3v) is 2.79. The van der Waals surface area contributed by atoms with E-state index in [1.165, 1.54) is 0 Å². The summed E-state index contributed by atoms with van der Waals surface area (Å²) in [5.74, 6) is 0.548. The van der Waals surface area contributed by atoms with E-state index in [2.05, 4.69) is 4.98 Å². The van der Waals surface area contributed by atoms with Crippen molar-refractivity contribution in [3.05, 3.63) is 29.6 Å². The number of nitrogens with zero attached hydrogens (tertiary/aromatic N) is 2. The highest BCUT2D eigenvalue weighted by Gasteiger charge is 2.19. The van der Waals surface area contributed by atoms with E-state index in [1.54, 1.807) is 6.07 Å². The van der Waals surface area contributed by atoms with Crippen molar-refractivity contribution in [1.29, 1.82) is 0 Å². The van der Waals surface area contributed by atoms with Gasteiger partial charge in [0.2, 0.25) is 0 Å². The summed E-state index contributed by atoms with van der Waals surface area (Å²) in [6, 6.07) is 5.66. The molecule has 94 valence electrons. The van der Waals surface area contributed by atoms with Crippen molar-refractivity contribution in [2.45, 2.75) is 33.2 Å². The van der Waals surface area contributed by atoms with Crippen molar-refractivity contribution in [2.75, 3.05) is 12.4 Å². The average Bonchev–Trinajstić information content (AvgIpc) is 2.29. The van der Waals surface area contributed by atoms with E-state index < -0.39 is 0 Å². The predicted octanol–water partition coefficient (Wildman–Crippen LogP) is 2.87. The number of amides is 1. The molecule has 0 fully saturated rings. The first-order valence-corrected chi connectivity index (χ1v) is 6.40. The van der Waals surface area contributed by atoms with Gasteiger partial charge in [0.15, 0.2) is 0 Å². The van der Waals surface area contributed by atoms with E-state index in [0.29, 0.717) is 18.1 Å². The molecule has 0 saturated carbocycles. The van der Waals surface area contributed by atoms with Crippen molar-refractivity contribution in [1.82, 2.24) is 9.88 Å². The van der Waals surface area contributed by atoms with E-state index >= 15 is 0 Å². The number of aryl methyl sites for hydroxylation is 1. The number of carbonyl (C=O) groups is 1. The number of hydrogen-bond acceptors (Lipinski definition) is 2. The summed E-state index contributed by atoms with van der Waals surface area (Å²) >= 11 is 5.67. The summed E-state index contributed by atoms with van der Waals surface area (Å²) in [6.07, 6.45) is 0.803. The zero-order valence-electron chi connectivity index (χ0n) is 10.6. The minimum Gasteiger partial charge on any atom is -0.335 e. The van der Waals surface area contributed by atoms with Crippen LogP contribution in [-0.4, -0.2) is 34.3 Å². The molecule has 0 aromatic carbocycles. The molecule has 0 atom stereocenters. The maximum Gasteiger partial charge on any atom is 0.272 e. The zero-order valence-corrected chi connectivity index (χ0v) is 11.4. The Bertz CT molecular complexity index is 379. The molecule has 0 saturated heterocycles. The Balaban J connectivity index is 2.84. The van der Waals surface area contributed by atoms with Crippen LogP contribution in [0.5, 0.6) is 0 Å². The van der Waals surface area contributed by atoms with Gasteiger partial charge >= 0.3 is 0 Å². The van der Waals surface area contributed by atoms with Crippen LogP contribution in [0.3, 0.4) is 0 Å². The van der Waals surface area contributed by atoms with Crippen LogP contribution in [0.15, 0.2) is 18.2 Å². The fourth-order valence-electron chi connectivity index (χ4n) is 1.63. The van der Waals surface area contributed by atoms with Crippen LogP contribution >= 0.6 is 11.6 Å². The highest BCUT2D eigenvalue weighted by Crippen LogP contribution is 2.08. The molecular formula is C13H19ClN2O. The highest BCUT2D eigenvalue weighted by atomic mass is 35.5. The number of pyridine rings is 1. The smallest absolute Gasteiger partial charge is 0.272 e. The molecule has 0 aliphatic carbocycles. The molecular weight excluding hydrogens is 236 g/mol. The molecule has 1 amide bonds. The molecule has 0 unspecified atom stereocenters. The molecule has 0 aliphatic heterocycles. The number of alkyl halides is 1. The lowest BCUT2D eigenvalue weighted by atomic mass is 10.2. The van der Waals surface area contributed by atoms with Crippen LogP contribution in [0.25, 0.3) is 0 Å². The normalized spacial score (nSPS) is 10.6. The first-order valence-electron chi connectivity index (χ1n) is 5.87. The average molecular weight is 255 g/mol. The largest absolute Gasteiger partial charge is 0.335 e. The van der Waals surface area contributed by atoms with E-state index in [0.717, 1.165) is 12.1 Å². The van der Waals surface area contributed by atoms with Crippen LogP contribution in [0.4, 0.5) is 0 Å². The minimum absolute atomic E-state index is 0.0196. The second-order valence-electron chi connectivity index (χ2n) is 4.30. The lowest BCUT2D eigenvalue weighted by Crippen LogP contribution is -2.38. The lowest BCUT2D eigenvalue weighted by Gasteiger charge is -2.26. The maximum atomic E-state index is 12.3. The quantitative estimate of drug-likeness (QED) is 0.757. The van der Waals surface area contributed by atoms with Gasteiger partial charge in [-0.05, 0) is 39.3 Å². The van der Waals surface area contributed by atoms with Gasteiger partial charge in [0.1, 0.15) is 5.69 Å². The third-order valence-electron chi connectivity index (χ3n) is 2.52. The maximum absolute atomic E-state index is 12.3. The number of hydrogen-bond donors (Lipinski definition) is 0. The fraction of sp³-hybridized carbons (Fsp3) is 0.538. The molecule has 1 rings (SSSR count). The summed E-state index contributed by atoms with van der Waals surface area (Å²) in [5, 5.41) is 0. The van der Waals surface area contributed by atoms with Gasteiger partial charge in [0, 0.05) is 24.2 Å². The number of halogens is 1. The van der Waals surface area contributed by atoms with Crippen LogP contribution in [-0.2, 0) is 0 Å². The molecule has 3 nitrogen and oxygen atoms in total. The molecule has 0 N–H and O–H groups in total. The molecule has 0 spiro atoms. The Kier molecular flexibility index (Phi) is 5.42. The summed E-state index contributed by atoms with van der Waals surface area (Å²) in [5.41, 5.74) is 1.37. The summed E-state index contributed by atoms with van der Waals surface area (Å²) in [4.78, 5) is 18.3. The van der Waals surface area contributed by atoms with Gasteiger partial charge in [0.25, 0.3) is 5.91 Å². The van der Waals surface area contributed by atoms with Crippen LogP contribution in [0.1, 0.15) is 36.5 Å². The molecule has 1 aromatic rings. The molecule has 17 heavy (non-hydrogen) atoms. The summed E-state index contributed by atoms with van der Waals surface area (Å²) in [6.45, 7) is 6.56. The summed E-state index contributed by atoms with van der Waals surface area (Å²) < 4.78 is 0.